The Morgan fingerprint density at radius 3 is 2.48 bits per heavy atom. The van der Waals surface area contributed by atoms with Crippen molar-refractivity contribution in [2.75, 3.05) is 19.6 Å². The molecule has 0 saturated heterocycles. The number of benzene rings is 2. The Labute approximate surface area is 156 Å². The maximum Gasteiger partial charge on any atom is 0.125 e. The molecular weight excluding hydrogens is 334 g/mol. The summed E-state index contributed by atoms with van der Waals surface area (Å²) in [6.07, 6.45) is 1.75. The van der Waals surface area contributed by atoms with E-state index in [4.69, 9.17) is 16.3 Å². The van der Waals surface area contributed by atoms with Crippen molar-refractivity contribution in [3.05, 3.63) is 64.7 Å². The number of nitrogens with zero attached hydrogens (tertiary/aromatic N) is 1. The second-order valence-electron chi connectivity index (χ2n) is 6.22. The van der Waals surface area contributed by atoms with Gasteiger partial charge in [-0.15, -0.1) is 0 Å². The van der Waals surface area contributed by atoms with Crippen LogP contribution in [0.2, 0.25) is 5.02 Å². The van der Waals surface area contributed by atoms with Gasteiger partial charge in [0.25, 0.3) is 0 Å². The molecule has 0 amide bonds. The standard InChI is InChI=1S/C21H28ClNO2/c1-3-5-14-23(4-2)15-20(24)19-8-6-7-9-21(19)25-16-17-10-12-18(22)13-11-17/h6-13,20,24H,3-5,14-16H2,1-2H3. The lowest BCUT2D eigenvalue weighted by Crippen LogP contribution is -2.29. The van der Waals surface area contributed by atoms with Crippen LogP contribution in [-0.2, 0) is 6.61 Å². The number of unbranched alkanes of at least 4 members (excludes halogenated alkanes) is 1. The van der Waals surface area contributed by atoms with Crippen LogP contribution in [0.3, 0.4) is 0 Å². The second kappa shape index (κ2) is 10.4. The van der Waals surface area contributed by atoms with Crippen LogP contribution in [-0.4, -0.2) is 29.6 Å². The summed E-state index contributed by atoms with van der Waals surface area (Å²) in [5.74, 6) is 0.733. The van der Waals surface area contributed by atoms with E-state index in [-0.39, 0.29) is 0 Å². The third-order valence-electron chi connectivity index (χ3n) is 4.29. The van der Waals surface area contributed by atoms with E-state index in [9.17, 15) is 5.11 Å². The van der Waals surface area contributed by atoms with Gasteiger partial charge in [0, 0.05) is 17.1 Å². The van der Waals surface area contributed by atoms with Crippen LogP contribution in [0, 0.1) is 0 Å². The van der Waals surface area contributed by atoms with Gasteiger partial charge in [-0.1, -0.05) is 62.2 Å². The highest BCUT2D eigenvalue weighted by molar-refractivity contribution is 6.30. The van der Waals surface area contributed by atoms with Crippen molar-refractivity contribution in [3.63, 3.8) is 0 Å². The summed E-state index contributed by atoms with van der Waals surface area (Å²) in [6, 6.07) is 15.3. The van der Waals surface area contributed by atoms with E-state index in [0.29, 0.717) is 18.2 Å². The van der Waals surface area contributed by atoms with Gasteiger partial charge in [0.05, 0.1) is 6.10 Å². The van der Waals surface area contributed by atoms with Crippen LogP contribution in [0.1, 0.15) is 43.9 Å². The van der Waals surface area contributed by atoms with Crippen molar-refractivity contribution in [1.82, 2.24) is 4.90 Å². The molecule has 3 nitrogen and oxygen atoms in total. The van der Waals surface area contributed by atoms with Crippen molar-refractivity contribution in [1.29, 1.82) is 0 Å². The summed E-state index contributed by atoms with van der Waals surface area (Å²) in [5, 5.41) is 11.4. The van der Waals surface area contributed by atoms with Crippen LogP contribution in [0.4, 0.5) is 0 Å². The highest BCUT2D eigenvalue weighted by Crippen LogP contribution is 2.26. The fraction of sp³-hybridized carbons (Fsp3) is 0.429. The molecule has 1 N–H and O–H groups in total. The molecule has 1 unspecified atom stereocenters. The number of halogens is 1. The molecule has 2 aromatic carbocycles. The van der Waals surface area contributed by atoms with E-state index in [0.717, 1.165) is 42.8 Å². The van der Waals surface area contributed by atoms with Gasteiger partial charge in [-0.05, 0) is 43.3 Å². The van der Waals surface area contributed by atoms with E-state index in [1.54, 1.807) is 0 Å². The van der Waals surface area contributed by atoms with Gasteiger partial charge in [-0.3, -0.25) is 0 Å². The minimum atomic E-state index is -0.557. The Balaban J connectivity index is 2.01. The maximum atomic E-state index is 10.7. The number of rotatable bonds is 10. The highest BCUT2D eigenvalue weighted by atomic mass is 35.5. The topological polar surface area (TPSA) is 32.7 Å². The van der Waals surface area contributed by atoms with Crippen LogP contribution in [0.25, 0.3) is 0 Å². The molecular formula is C21H28ClNO2. The molecule has 0 aliphatic carbocycles. The molecule has 0 spiro atoms. The lowest BCUT2D eigenvalue weighted by molar-refractivity contribution is 0.111. The Morgan fingerprint density at radius 1 is 1.08 bits per heavy atom. The molecule has 4 heteroatoms. The zero-order chi connectivity index (χ0) is 18.1. The first-order chi connectivity index (χ1) is 12.1. The smallest absolute Gasteiger partial charge is 0.125 e. The number of para-hydroxylation sites is 1. The number of aliphatic hydroxyl groups excluding tert-OH is 1. The Morgan fingerprint density at radius 2 is 1.80 bits per heavy atom. The van der Waals surface area contributed by atoms with E-state index in [1.807, 2.05) is 48.5 Å². The number of likely N-dealkylation sites (N-methyl/N-ethyl adjacent to an activating group) is 1. The quantitative estimate of drug-likeness (QED) is 0.641. The first-order valence-corrected chi connectivity index (χ1v) is 9.38. The minimum Gasteiger partial charge on any atom is -0.489 e. The second-order valence-corrected chi connectivity index (χ2v) is 6.65. The number of hydrogen-bond donors (Lipinski definition) is 1. The van der Waals surface area contributed by atoms with E-state index >= 15 is 0 Å². The molecule has 2 rings (SSSR count). The molecule has 0 heterocycles. The summed E-state index contributed by atoms with van der Waals surface area (Å²) in [7, 11) is 0. The van der Waals surface area contributed by atoms with Gasteiger partial charge in [0.2, 0.25) is 0 Å². The summed E-state index contributed by atoms with van der Waals surface area (Å²) >= 11 is 5.92. The van der Waals surface area contributed by atoms with Gasteiger partial charge >= 0.3 is 0 Å². The van der Waals surface area contributed by atoms with Gasteiger partial charge in [-0.2, -0.15) is 0 Å². The normalized spacial score (nSPS) is 12.4. The SMILES string of the molecule is CCCCN(CC)CC(O)c1ccccc1OCc1ccc(Cl)cc1. The number of hydrogen-bond acceptors (Lipinski definition) is 3. The maximum absolute atomic E-state index is 10.7. The molecule has 0 aliphatic rings. The first-order valence-electron chi connectivity index (χ1n) is 9.00. The number of ether oxygens (including phenoxy) is 1. The van der Waals surface area contributed by atoms with Crippen LogP contribution < -0.4 is 4.74 Å². The number of aliphatic hydroxyl groups is 1. The lowest BCUT2D eigenvalue weighted by Gasteiger charge is -2.24. The van der Waals surface area contributed by atoms with E-state index < -0.39 is 6.10 Å². The van der Waals surface area contributed by atoms with Crippen molar-refractivity contribution in [2.24, 2.45) is 0 Å². The molecule has 0 aromatic heterocycles. The van der Waals surface area contributed by atoms with E-state index in [2.05, 4.69) is 18.7 Å². The molecule has 2 aromatic rings. The third-order valence-corrected chi connectivity index (χ3v) is 4.54. The van der Waals surface area contributed by atoms with Gasteiger partial charge in [-0.25, -0.2) is 0 Å². The first kappa shape index (κ1) is 19.8. The average molecular weight is 362 g/mol. The molecule has 1 atom stereocenters. The van der Waals surface area contributed by atoms with Crippen LogP contribution >= 0.6 is 11.6 Å². The Bertz CT molecular complexity index is 630. The van der Waals surface area contributed by atoms with Gasteiger partial charge in [0.1, 0.15) is 12.4 Å². The minimum absolute atomic E-state index is 0.453. The summed E-state index contributed by atoms with van der Waals surface area (Å²) < 4.78 is 5.96. The summed E-state index contributed by atoms with van der Waals surface area (Å²) in [6.45, 7) is 7.34. The predicted octanol–water partition coefficient (Wildman–Crippen LogP) is 5.07. The fourth-order valence-corrected chi connectivity index (χ4v) is 2.86. The Hall–Kier alpha value is -1.55. The molecule has 0 radical (unpaired) electrons. The highest BCUT2D eigenvalue weighted by Gasteiger charge is 2.16. The summed E-state index contributed by atoms with van der Waals surface area (Å²) in [5.41, 5.74) is 1.89. The predicted molar refractivity (Wildman–Crippen MR) is 104 cm³/mol. The molecule has 0 saturated carbocycles. The van der Waals surface area contributed by atoms with Crippen molar-refractivity contribution < 1.29 is 9.84 Å². The average Bonchev–Trinajstić information content (AvgIpc) is 2.64. The van der Waals surface area contributed by atoms with E-state index in [1.165, 1.54) is 0 Å². The monoisotopic (exact) mass is 361 g/mol. The van der Waals surface area contributed by atoms with Crippen molar-refractivity contribution in [2.45, 2.75) is 39.4 Å². The van der Waals surface area contributed by atoms with Gasteiger partial charge in [0.15, 0.2) is 0 Å². The van der Waals surface area contributed by atoms with Gasteiger partial charge < -0.3 is 14.7 Å². The third kappa shape index (κ3) is 6.35. The zero-order valence-electron chi connectivity index (χ0n) is 15.1. The lowest BCUT2D eigenvalue weighted by atomic mass is 10.1. The van der Waals surface area contributed by atoms with Crippen molar-refractivity contribution in [3.8, 4) is 5.75 Å². The summed E-state index contributed by atoms with van der Waals surface area (Å²) in [4.78, 5) is 2.28. The fourth-order valence-electron chi connectivity index (χ4n) is 2.73. The van der Waals surface area contributed by atoms with Crippen molar-refractivity contribution >= 4 is 11.6 Å². The zero-order valence-corrected chi connectivity index (χ0v) is 15.9. The molecule has 0 bridgehead atoms. The Kier molecular flexibility index (Phi) is 8.26. The molecule has 0 fully saturated rings. The van der Waals surface area contributed by atoms with Crippen LogP contribution in [0.5, 0.6) is 5.75 Å². The van der Waals surface area contributed by atoms with Crippen LogP contribution in [0.15, 0.2) is 48.5 Å². The molecule has 0 aliphatic heterocycles. The largest absolute Gasteiger partial charge is 0.489 e. The molecule has 136 valence electrons. The molecule has 25 heavy (non-hydrogen) atoms.